The van der Waals surface area contributed by atoms with Gasteiger partial charge in [0, 0.05) is 11.6 Å². The number of nitrogens with two attached hydrogens (primary N) is 1. The Morgan fingerprint density at radius 1 is 1.07 bits per heavy atom. The van der Waals surface area contributed by atoms with Crippen molar-refractivity contribution in [2.24, 2.45) is 5.73 Å². The number of aromatic nitrogens is 1. The van der Waals surface area contributed by atoms with E-state index in [0.29, 0.717) is 33.8 Å². The van der Waals surface area contributed by atoms with Crippen molar-refractivity contribution in [3.05, 3.63) is 47.5 Å². The molecule has 0 aliphatic heterocycles. The maximum absolute atomic E-state index is 12.9. The molecule has 1 amide bonds. The van der Waals surface area contributed by atoms with E-state index in [-0.39, 0.29) is 5.56 Å². The van der Waals surface area contributed by atoms with Gasteiger partial charge in [0.1, 0.15) is 11.3 Å². The highest BCUT2D eigenvalue weighted by Crippen LogP contribution is 2.43. The minimum absolute atomic E-state index is 0.251. The van der Waals surface area contributed by atoms with Gasteiger partial charge in [0.05, 0.1) is 38.0 Å². The van der Waals surface area contributed by atoms with Crippen molar-refractivity contribution in [1.82, 2.24) is 10.3 Å². The molecule has 0 atom stereocenters. The Kier molecular flexibility index (Phi) is 5.54. The van der Waals surface area contributed by atoms with Crippen LogP contribution in [0.25, 0.3) is 22.2 Å². The summed E-state index contributed by atoms with van der Waals surface area (Å²) in [5, 5.41) is 10.2. The number of hydrogen-bond donors (Lipinski definition) is 3. The van der Waals surface area contributed by atoms with Gasteiger partial charge in [0.2, 0.25) is 0 Å². The van der Waals surface area contributed by atoms with Gasteiger partial charge in [-0.2, -0.15) is 0 Å². The first-order valence-corrected chi connectivity index (χ1v) is 8.76. The van der Waals surface area contributed by atoms with E-state index in [0.717, 1.165) is 11.1 Å². The molecule has 8 nitrogen and oxygen atoms in total. The van der Waals surface area contributed by atoms with E-state index in [2.05, 4.69) is 5.32 Å². The van der Waals surface area contributed by atoms with Crippen LogP contribution in [0.5, 0.6) is 17.2 Å². The average Bonchev–Trinajstić information content (AvgIpc) is 2.71. The van der Waals surface area contributed by atoms with E-state index >= 15 is 0 Å². The van der Waals surface area contributed by atoms with Crippen LogP contribution in [-0.4, -0.2) is 38.2 Å². The second-order valence-electron chi connectivity index (χ2n) is 6.28. The maximum atomic E-state index is 12.9. The number of benzene rings is 2. The predicted octanol–water partition coefficient (Wildman–Crippen LogP) is 2.86. The summed E-state index contributed by atoms with van der Waals surface area (Å²) in [4.78, 5) is 17.6. The summed E-state index contributed by atoms with van der Waals surface area (Å²) in [5.74, 6) is 0.164. The first kappa shape index (κ1) is 19.9. The number of methoxy groups -OCH3 is 3. The lowest BCUT2D eigenvalue weighted by molar-refractivity contribution is 0.0978. The minimum atomic E-state index is -0.551. The summed E-state index contributed by atoms with van der Waals surface area (Å²) in [6, 6.07) is 11.0. The molecule has 0 unspecified atom stereocenters. The Morgan fingerprint density at radius 2 is 1.76 bits per heavy atom. The minimum Gasteiger partial charge on any atom is -0.496 e. The molecule has 4 N–H and O–H groups in total. The Balaban J connectivity index is 2.46. The van der Waals surface area contributed by atoms with Crippen molar-refractivity contribution in [2.75, 3.05) is 21.3 Å². The van der Waals surface area contributed by atoms with E-state index in [1.54, 1.807) is 12.1 Å². The highest BCUT2D eigenvalue weighted by molar-refractivity contribution is 6.15. The number of nitrogens with one attached hydrogen (secondary N) is 2. The van der Waals surface area contributed by atoms with Gasteiger partial charge in [-0.25, -0.2) is 4.98 Å². The summed E-state index contributed by atoms with van der Waals surface area (Å²) in [6.45, 7) is 1.96. The number of carbonyl (C=O) groups is 1. The van der Waals surface area contributed by atoms with Crippen LogP contribution in [0.15, 0.2) is 36.4 Å². The van der Waals surface area contributed by atoms with E-state index in [1.165, 1.54) is 21.3 Å². The van der Waals surface area contributed by atoms with E-state index < -0.39 is 11.9 Å². The molecule has 3 rings (SSSR count). The molecule has 1 heterocycles. The van der Waals surface area contributed by atoms with E-state index in [9.17, 15) is 4.79 Å². The van der Waals surface area contributed by atoms with Crippen LogP contribution < -0.4 is 25.3 Å². The summed E-state index contributed by atoms with van der Waals surface area (Å²) < 4.78 is 16.5. The number of nitrogens with zero attached hydrogens (tertiary/aromatic N) is 1. The molecule has 0 aliphatic rings. The van der Waals surface area contributed by atoms with Crippen molar-refractivity contribution in [2.45, 2.75) is 6.92 Å². The molecule has 1 aromatic heterocycles. The average molecular weight is 394 g/mol. The summed E-state index contributed by atoms with van der Waals surface area (Å²) >= 11 is 0. The van der Waals surface area contributed by atoms with Crippen LogP contribution in [0.4, 0.5) is 0 Å². The Hall–Kier alpha value is -3.81. The van der Waals surface area contributed by atoms with Crippen molar-refractivity contribution >= 4 is 22.8 Å². The Morgan fingerprint density at radius 3 is 2.34 bits per heavy atom. The van der Waals surface area contributed by atoms with Gasteiger partial charge in [0.25, 0.3) is 5.91 Å². The lowest BCUT2D eigenvalue weighted by atomic mass is 9.99. The second kappa shape index (κ2) is 8.05. The number of hydrogen-bond acceptors (Lipinski definition) is 6. The number of ether oxygens (including phenoxy) is 3. The summed E-state index contributed by atoms with van der Waals surface area (Å²) in [6.07, 6.45) is 0. The molecule has 29 heavy (non-hydrogen) atoms. The van der Waals surface area contributed by atoms with Gasteiger partial charge in [-0.15, -0.1) is 0 Å². The number of carbonyl (C=O) groups excluding carboxylic acids is 1. The number of aryl methyl sites for hydroxylation is 1. The standard InChI is InChI=1S/C21H22N4O4/c1-11-7-5-6-8-12(11)14-9-13(20(26)25-21(22)23)17-15(27-2)10-16(28-3)19(29-4)18(17)24-14/h5-10H,1-4H3,(H4,22,23,25,26). The third-order valence-electron chi connectivity index (χ3n) is 4.52. The van der Waals surface area contributed by atoms with E-state index in [1.807, 2.05) is 31.2 Å². The lowest BCUT2D eigenvalue weighted by Crippen LogP contribution is -2.35. The second-order valence-corrected chi connectivity index (χ2v) is 6.28. The van der Waals surface area contributed by atoms with Crippen LogP contribution in [0.2, 0.25) is 0 Å². The molecular formula is C21H22N4O4. The third kappa shape index (κ3) is 3.64. The SMILES string of the molecule is COc1cc(OC)c2c(C(=O)NC(=N)N)cc(-c3ccccc3C)nc2c1OC. The predicted molar refractivity (Wildman–Crippen MR) is 111 cm³/mol. The zero-order valence-corrected chi connectivity index (χ0v) is 16.6. The molecule has 0 saturated heterocycles. The lowest BCUT2D eigenvalue weighted by Gasteiger charge is -2.17. The van der Waals surface area contributed by atoms with Gasteiger partial charge in [-0.1, -0.05) is 24.3 Å². The molecule has 2 aromatic carbocycles. The van der Waals surface area contributed by atoms with E-state index in [4.69, 9.17) is 30.3 Å². The van der Waals surface area contributed by atoms with Crippen LogP contribution in [0.3, 0.4) is 0 Å². The number of pyridine rings is 1. The Labute approximate surface area is 168 Å². The highest BCUT2D eigenvalue weighted by Gasteiger charge is 2.23. The normalized spacial score (nSPS) is 10.5. The maximum Gasteiger partial charge on any atom is 0.258 e. The van der Waals surface area contributed by atoms with Gasteiger partial charge in [0.15, 0.2) is 17.5 Å². The van der Waals surface area contributed by atoms with Crippen molar-refractivity contribution in [3.8, 4) is 28.5 Å². The number of fused-ring (bicyclic) bond motifs is 1. The number of guanidine groups is 1. The molecule has 0 aliphatic carbocycles. The highest BCUT2D eigenvalue weighted by atomic mass is 16.5. The van der Waals surface area contributed by atoms with Gasteiger partial charge >= 0.3 is 0 Å². The quantitative estimate of drug-likeness (QED) is 0.452. The summed E-state index contributed by atoms with van der Waals surface area (Å²) in [7, 11) is 4.50. The fourth-order valence-corrected chi connectivity index (χ4v) is 3.21. The number of rotatable bonds is 5. The zero-order chi connectivity index (χ0) is 21.1. The fraction of sp³-hybridized carbons (Fsp3) is 0.190. The summed E-state index contributed by atoms with van der Waals surface area (Å²) in [5.41, 5.74) is 8.45. The van der Waals surface area contributed by atoms with Crippen molar-refractivity contribution in [1.29, 1.82) is 5.41 Å². The molecule has 3 aromatic rings. The molecule has 0 spiro atoms. The van der Waals surface area contributed by atoms with Crippen molar-refractivity contribution < 1.29 is 19.0 Å². The molecule has 8 heteroatoms. The van der Waals surface area contributed by atoms with Gasteiger partial charge in [-0.3, -0.25) is 15.5 Å². The smallest absolute Gasteiger partial charge is 0.258 e. The zero-order valence-electron chi connectivity index (χ0n) is 16.6. The van der Waals surface area contributed by atoms with Crippen LogP contribution in [0, 0.1) is 12.3 Å². The largest absolute Gasteiger partial charge is 0.496 e. The van der Waals surface area contributed by atoms with Crippen LogP contribution >= 0.6 is 0 Å². The third-order valence-corrected chi connectivity index (χ3v) is 4.52. The monoisotopic (exact) mass is 394 g/mol. The van der Waals surface area contributed by atoms with Gasteiger partial charge in [-0.05, 0) is 18.6 Å². The first-order chi connectivity index (χ1) is 13.9. The Bertz CT molecular complexity index is 1110. The van der Waals surface area contributed by atoms with Crippen LogP contribution in [-0.2, 0) is 0 Å². The molecule has 150 valence electrons. The number of amides is 1. The van der Waals surface area contributed by atoms with Crippen molar-refractivity contribution in [3.63, 3.8) is 0 Å². The fourth-order valence-electron chi connectivity index (χ4n) is 3.21. The topological polar surface area (TPSA) is 120 Å². The molecule has 0 saturated carbocycles. The molecule has 0 radical (unpaired) electrons. The molecular weight excluding hydrogens is 372 g/mol. The molecule has 0 fully saturated rings. The molecule has 0 bridgehead atoms. The van der Waals surface area contributed by atoms with Crippen LogP contribution in [0.1, 0.15) is 15.9 Å². The van der Waals surface area contributed by atoms with Gasteiger partial charge < -0.3 is 19.9 Å². The first-order valence-electron chi connectivity index (χ1n) is 8.76.